The van der Waals surface area contributed by atoms with Crippen LogP contribution in [-0.4, -0.2) is 5.91 Å². The zero-order valence-electron chi connectivity index (χ0n) is 10.1. The lowest BCUT2D eigenvalue weighted by Gasteiger charge is -2.12. The van der Waals surface area contributed by atoms with Gasteiger partial charge in [-0.1, -0.05) is 0 Å². The van der Waals surface area contributed by atoms with E-state index in [1.54, 1.807) is 0 Å². The number of nitrogens with one attached hydrogen (secondary N) is 1. The largest absolute Gasteiger partial charge is 0.397 e. The Labute approximate surface area is 121 Å². The Balaban J connectivity index is 2.42. The Kier molecular flexibility index (Phi) is 3.89. The van der Waals surface area contributed by atoms with E-state index in [1.807, 2.05) is 0 Å². The molecule has 2 aromatic rings. The lowest BCUT2D eigenvalue weighted by Crippen LogP contribution is -2.11. The van der Waals surface area contributed by atoms with Crippen molar-refractivity contribution in [2.45, 2.75) is 0 Å². The Morgan fingerprint density at radius 3 is 2.45 bits per heavy atom. The average molecular weight is 342 g/mol. The zero-order chi connectivity index (χ0) is 14.9. The molecule has 104 valence electrons. The first-order valence-corrected chi connectivity index (χ1v) is 6.28. The molecule has 2 aromatic carbocycles. The molecule has 2 rings (SSSR count). The highest BCUT2D eigenvalue weighted by Crippen LogP contribution is 2.29. The van der Waals surface area contributed by atoms with Gasteiger partial charge in [0.15, 0.2) is 0 Å². The molecular formula is C13H10BrF2N3O. The van der Waals surface area contributed by atoms with Gasteiger partial charge in [-0.25, -0.2) is 8.78 Å². The average Bonchev–Trinajstić information content (AvgIpc) is 2.38. The molecule has 0 unspecified atom stereocenters. The van der Waals surface area contributed by atoms with E-state index in [9.17, 15) is 13.6 Å². The van der Waals surface area contributed by atoms with Gasteiger partial charge in [0.2, 0.25) is 5.91 Å². The second-order valence-corrected chi connectivity index (χ2v) is 4.89. The smallest absolute Gasteiger partial charge is 0.248 e. The Morgan fingerprint density at radius 1 is 1.10 bits per heavy atom. The first-order chi connectivity index (χ1) is 9.38. The van der Waals surface area contributed by atoms with Crippen molar-refractivity contribution in [2.75, 3.05) is 11.1 Å². The summed E-state index contributed by atoms with van der Waals surface area (Å²) in [5.41, 5.74) is 11.5. The number of carbonyl (C=O) groups excluding carboxylic acids is 1. The molecule has 0 aliphatic heterocycles. The maximum Gasteiger partial charge on any atom is 0.248 e. The molecular weight excluding hydrogens is 332 g/mol. The van der Waals surface area contributed by atoms with Crippen LogP contribution >= 0.6 is 15.9 Å². The van der Waals surface area contributed by atoms with Crippen molar-refractivity contribution < 1.29 is 13.6 Å². The molecule has 0 aromatic heterocycles. The highest BCUT2D eigenvalue weighted by Gasteiger charge is 2.11. The molecule has 0 heterocycles. The van der Waals surface area contributed by atoms with Gasteiger partial charge in [-0.05, 0) is 40.2 Å². The fourth-order valence-electron chi connectivity index (χ4n) is 1.58. The standard InChI is InChI=1S/C13H10BrF2N3O/c14-7-4-9(16)11(5-8(7)15)19-12-3-6(13(18)20)1-2-10(12)17/h1-5,19H,17H2,(H2,18,20). The molecule has 0 aliphatic carbocycles. The third-order valence-corrected chi connectivity index (χ3v) is 3.22. The third-order valence-electron chi connectivity index (χ3n) is 2.62. The van der Waals surface area contributed by atoms with E-state index < -0.39 is 17.5 Å². The molecule has 0 saturated heterocycles. The van der Waals surface area contributed by atoms with E-state index in [1.165, 1.54) is 18.2 Å². The summed E-state index contributed by atoms with van der Waals surface area (Å²) in [6.07, 6.45) is 0. The number of nitrogen functional groups attached to an aromatic ring is 1. The van der Waals surface area contributed by atoms with Crippen LogP contribution in [0.3, 0.4) is 0 Å². The molecule has 0 atom stereocenters. The maximum absolute atomic E-state index is 13.7. The monoisotopic (exact) mass is 341 g/mol. The van der Waals surface area contributed by atoms with E-state index in [4.69, 9.17) is 11.5 Å². The van der Waals surface area contributed by atoms with E-state index in [0.717, 1.165) is 12.1 Å². The Hall–Kier alpha value is -2.15. The number of hydrogen-bond acceptors (Lipinski definition) is 3. The van der Waals surface area contributed by atoms with Crippen LogP contribution < -0.4 is 16.8 Å². The highest BCUT2D eigenvalue weighted by atomic mass is 79.9. The lowest BCUT2D eigenvalue weighted by molar-refractivity contribution is 0.100. The molecule has 0 fully saturated rings. The summed E-state index contributed by atoms with van der Waals surface area (Å²) >= 11 is 2.88. The number of benzene rings is 2. The molecule has 7 heteroatoms. The Morgan fingerprint density at radius 2 is 1.80 bits per heavy atom. The number of primary amides is 1. The number of hydrogen-bond donors (Lipinski definition) is 3. The van der Waals surface area contributed by atoms with Gasteiger partial charge in [0.1, 0.15) is 11.6 Å². The molecule has 5 N–H and O–H groups in total. The minimum atomic E-state index is -0.665. The molecule has 20 heavy (non-hydrogen) atoms. The summed E-state index contributed by atoms with van der Waals surface area (Å²) in [5.74, 6) is -1.93. The summed E-state index contributed by atoms with van der Waals surface area (Å²) < 4.78 is 27.1. The van der Waals surface area contributed by atoms with Crippen LogP contribution in [-0.2, 0) is 0 Å². The molecule has 0 spiro atoms. The molecule has 0 radical (unpaired) electrons. The van der Waals surface area contributed by atoms with Gasteiger partial charge in [0.25, 0.3) is 0 Å². The number of rotatable bonds is 3. The molecule has 0 aliphatic rings. The summed E-state index contributed by atoms with van der Waals surface area (Å²) in [4.78, 5) is 11.1. The van der Waals surface area contributed by atoms with Crippen LogP contribution in [0, 0.1) is 11.6 Å². The SMILES string of the molecule is NC(=O)c1ccc(N)c(Nc2cc(F)c(Br)cc2F)c1. The number of amides is 1. The van der Waals surface area contributed by atoms with Gasteiger partial charge in [-0.2, -0.15) is 0 Å². The molecule has 0 bridgehead atoms. The fourth-order valence-corrected chi connectivity index (χ4v) is 1.90. The predicted molar refractivity (Wildman–Crippen MR) is 76.7 cm³/mol. The van der Waals surface area contributed by atoms with Crippen molar-refractivity contribution in [2.24, 2.45) is 5.73 Å². The number of nitrogens with two attached hydrogens (primary N) is 2. The topological polar surface area (TPSA) is 81.1 Å². The van der Waals surface area contributed by atoms with Gasteiger partial charge < -0.3 is 16.8 Å². The minimum Gasteiger partial charge on any atom is -0.397 e. The number of anilines is 3. The maximum atomic E-state index is 13.7. The second kappa shape index (κ2) is 5.46. The van der Waals surface area contributed by atoms with E-state index in [0.29, 0.717) is 0 Å². The van der Waals surface area contributed by atoms with Gasteiger partial charge in [0.05, 0.1) is 21.5 Å². The Bertz CT molecular complexity index is 692. The third kappa shape index (κ3) is 2.88. The van der Waals surface area contributed by atoms with Crippen molar-refractivity contribution in [1.29, 1.82) is 0 Å². The number of carbonyl (C=O) groups is 1. The van der Waals surface area contributed by atoms with Crippen LogP contribution in [0.4, 0.5) is 25.8 Å². The van der Waals surface area contributed by atoms with Gasteiger partial charge in [-0.15, -0.1) is 0 Å². The van der Waals surface area contributed by atoms with E-state index in [2.05, 4.69) is 21.2 Å². The van der Waals surface area contributed by atoms with Gasteiger partial charge in [0, 0.05) is 11.6 Å². The lowest BCUT2D eigenvalue weighted by atomic mass is 10.1. The summed E-state index contributed by atoms with van der Waals surface area (Å²) in [6, 6.07) is 6.25. The van der Waals surface area contributed by atoms with Crippen molar-refractivity contribution >= 4 is 38.9 Å². The van der Waals surface area contributed by atoms with E-state index >= 15 is 0 Å². The molecule has 4 nitrogen and oxygen atoms in total. The quantitative estimate of drug-likeness (QED) is 0.592. The fraction of sp³-hybridized carbons (Fsp3) is 0. The van der Waals surface area contributed by atoms with Gasteiger partial charge in [-0.3, -0.25) is 4.79 Å². The summed E-state index contributed by atoms with van der Waals surface area (Å²) in [7, 11) is 0. The first kappa shape index (κ1) is 14.3. The van der Waals surface area contributed by atoms with Gasteiger partial charge >= 0.3 is 0 Å². The summed E-state index contributed by atoms with van der Waals surface area (Å²) in [6.45, 7) is 0. The van der Waals surface area contributed by atoms with Crippen LogP contribution in [0.5, 0.6) is 0 Å². The van der Waals surface area contributed by atoms with Crippen molar-refractivity contribution in [3.8, 4) is 0 Å². The second-order valence-electron chi connectivity index (χ2n) is 4.04. The van der Waals surface area contributed by atoms with Crippen molar-refractivity contribution in [1.82, 2.24) is 0 Å². The van der Waals surface area contributed by atoms with Crippen molar-refractivity contribution in [3.05, 3.63) is 52.0 Å². The number of halogens is 3. The predicted octanol–water partition coefficient (Wildman–Crippen LogP) is 3.15. The normalized spacial score (nSPS) is 10.3. The van der Waals surface area contributed by atoms with Crippen molar-refractivity contribution in [3.63, 3.8) is 0 Å². The van der Waals surface area contributed by atoms with Crippen LogP contribution in [0.15, 0.2) is 34.8 Å². The first-order valence-electron chi connectivity index (χ1n) is 5.49. The molecule has 0 saturated carbocycles. The minimum absolute atomic E-state index is 0.0133. The van der Waals surface area contributed by atoms with E-state index in [-0.39, 0.29) is 27.1 Å². The van der Waals surface area contributed by atoms with Crippen LogP contribution in [0.2, 0.25) is 0 Å². The zero-order valence-corrected chi connectivity index (χ0v) is 11.7. The highest BCUT2D eigenvalue weighted by molar-refractivity contribution is 9.10. The van der Waals surface area contributed by atoms with Crippen LogP contribution in [0.1, 0.15) is 10.4 Å². The summed E-state index contributed by atoms with van der Waals surface area (Å²) in [5, 5.41) is 2.64. The van der Waals surface area contributed by atoms with Crippen LogP contribution in [0.25, 0.3) is 0 Å². The molecule has 1 amide bonds.